The van der Waals surface area contributed by atoms with Crippen LogP contribution in [0.3, 0.4) is 0 Å². The Labute approximate surface area is 274 Å². The Balaban J connectivity index is 1.33. The Morgan fingerprint density at radius 1 is 0.489 bits per heavy atom. The summed E-state index contributed by atoms with van der Waals surface area (Å²) in [5, 5.41) is 17.9. The van der Waals surface area contributed by atoms with Crippen LogP contribution in [0.25, 0.3) is 86.3 Å². The summed E-state index contributed by atoms with van der Waals surface area (Å²) >= 11 is 1.87. The molecule has 7 aromatic carbocycles. The molecule has 0 aliphatic rings. The van der Waals surface area contributed by atoms with Gasteiger partial charge in [0.2, 0.25) is 0 Å². The quantitative estimate of drug-likeness (QED) is 0.195. The van der Waals surface area contributed by atoms with Gasteiger partial charge < -0.3 is 9.13 Å². The first-order valence-electron chi connectivity index (χ1n) is 15.8. The molecule has 0 N–H and O–H groups in total. The van der Waals surface area contributed by atoms with E-state index in [9.17, 15) is 5.26 Å². The third kappa shape index (κ3) is 3.66. The second-order valence-electron chi connectivity index (χ2n) is 12.0. The summed E-state index contributed by atoms with van der Waals surface area (Å²) in [4.78, 5) is 0. The van der Waals surface area contributed by atoms with Crippen LogP contribution >= 0.6 is 11.3 Å². The molecule has 0 saturated carbocycles. The topological polar surface area (TPSA) is 33.6 Å². The number of hydrogen-bond donors (Lipinski definition) is 0. The second-order valence-corrected chi connectivity index (χ2v) is 13.1. The molecule has 47 heavy (non-hydrogen) atoms. The van der Waals surface area contributed by atoms with Crippen molar-refractivity contribution in [3.63, 3.8) is 0 Å². The number of para-hydroxylation sites is 4. The van der Waals surface area contributed by atoms with Crippen molar-refractivity contribution in [1.29, 1.82) is 5.26 Å². The number of nitrogens with zero attached hydrogens (tertiary/aromatic N) is 3. The van der Waals surface area contributed by atoms with Crippen LogP contribution in [0.15, 0.2) is 152 Å². The Bertz CT molecular complexity index is 2860. The largest absolute Gasteiger partial charge is 0.309 e. The Hall–Kier alpha value is -6.15. The monoisotopic (exact) mass is 615 g/mol. The zero-order valence-corrected chi connectivity index (χ0v) is 26.0. The number of benzene rings is 7. The van der Waals surface area contributed by atoms with Gasteiger partial charge in [-0.1, -0.05) is 97.1 Å². The van der Waals surface area contributed by atoms with Crippen LogP contribution in [0, 0.1) is 11.3 Å². The Morgan fingerprint density at radius 2 is 1.15 bits per heavy atom. The van der Waals surface area contributed by atoms with Crippen LogP contribution in [0.2, 0.25) is 0 Å². The maximum Gasteiger partial charge on any atom is 0.101 e. The summed E-state index contributed by atoms with van der Waals surface area (Å²) in [5.41, 5.74) is 9.33. The van der Waals surface area contributed by atoms with E-state index in [-0.39, 0.29) is 0 Å². The third-order valence-corrected chi connectivity index (χ3v) is 10.8. The van der Waals surface area contributed by atoms with Crippen molar-refractivity contribution in [2.45, 2.75) is 0 Å². The summed E-state index contributed by atoms with van der Waals surface area (Å²) < 4.78 is 7.26. The zero-order chi connectivity index (χ0) is 31.1. The fourth-order valence-corrected chi connectivity index (χ4v) is 8.84. The molecule has 3 aromatic heterocycles. The second kappa shape index (κ2) is 9.92. The summed E-state index contributed by atoms with van der Waals surface area (Å²) in [6.45, 7) is 0. The van der Waals surface area contributed by atoms with Crippen molar-refractivity contribution in [1.82, 2.24) is 9.13 Å². The normalized spacial score (nSPS) is 11.8. The predicted octanol–water partition coefficient (Wildman–Crippen LogP) is 11.8. The van der Waals surface area contributed by atoms with E-state index in [4.69, 9.17) is 0 Å². The minimum atomic E-state index is 0.646. The molecule has 0 unspecified atom stereocenters. The van der Waals surface area contributed by atoms with Crippen LogP contribution in [-0.4, -0.2) is 9.13 Å². The lowest BCUT2D eigenvalue weighted by molar-refractivity contribution is 1.17. The zero-order valence-electron chi connectivity index (χ0n) is 25.2. The van der Waals surface area contributed by atoms with Crippen molar-refractivity contribution in [2.75, 3.05) is 0 Å². The fraction of sp³-hybridized carbons (Fsp3) is 0. The van der Waals surface area contributed by atoms with Gasteiger partial charge in [0.1, 0.15) is 6.07 Å². The van der Waals surface area contributed by atoms with Crippen molar-refractivity contribution in [2.24, 2.45) is 0 Å². The van der Waals surface area contributed by atoms with E-state index in [1.807, 2.05) is 23.5 Å². The van der Waals surface area contributed by atoms with E-state index < -0.39 is 0 Å². The van der Waals surface area contributed by atoms with Gasteiger partial charge in [0.15, 0.2) is 0 Å². The minimum Gasteiger partial charge on any atom is -0.309 e. The average molecular weight is 616 g/mol. The standard InChI is InChI=1S/C43H25N3S/c44-26-28-11-10-17-30(42(28)46-36-18-7-4-14-31(36)32-15-5-8-19-37(32)46)27-21-23-38-35(25-27)41-39(45(38)29-12-2-1-3-13-29)24-22-34-33-16-6-9-20-40(33)47-43(34)41/h1-25H. The lowest BCUT2D eigenvalue weighted by Crippen LogP contribution is -2.00. The van der Waals surface area contributed by atoms with Crippen LogP contribution in [0.5, 0.6) is 0 Å². The molecule has 0 spiro atoms. The van der Waals surface area contributed by atoms with E-state index >= 15 is 0 Å². The van der Waals surface area contributed by atoms with Gasteiger partial charge in [-0.3, -0.25) is 0 Å². The van der Waals surface area contributed by atoms with Gasteiger partial charge in [-0.25, -0.2) is 0 Å². The average Bonchev–Trinajstić information content (AvgIpc) is 3.79. The number of hydrogen-bond acceptors (Lipinski definition) is 2. The highest BCUT2D eigenvalue weighted by atomic mass is 32.1. The maximum absolute atomic E-state index is 10.5. The molecule has 0 saturated heterocycles. The first-order chi connectivity index (χ1) is 23.3. The first kappa shape index (κ1) is 26.1. The Morgan fingerprint density at radius 3 is 1.91 bits per heavy atom. The lowest BCUT2D eigenvalue weighted by atomic mass is 9.98. The van der Waals surface area contributed by atoms with Gasteiger partial charge >= 0.3 is 0 Å². The minimum absolute atomic E-state index is 0.646. The van der Waals surface area contributed by atoms with E-state index in [1.54, 1.807) is 0 Å². The molecular weight excluding hydrogens is 591 g/mol. The first-order valence-corrected chi connectivity index (χ1v) is 16.6. The van der Waals surface area contributed by atoms with E-state index in [0.29, 0.717) is 5.56 Å². The number of nitriles is 1. The lowest BCUT2D eigenvalue weighted by Gasteiger charge is -2.16. The summed E-state index contributed by atoms with van der Waals surface area (Å²) in [6, 6.07) is 56.3. The molecule has 10 rings (SSSR count). The number of aromatic nitrogens is 2. The summed E-state index contributed by atoms with van der Waals surface area (Å²) in [5.74, 6) is 0. The maximum atomic E-state index is 10.5. The number of rotatable bonds is 3. The van der Waals surface area contributed by atoms with Crippen LogP contribution in [0.1, 0.15) is 5.56 Å². The number of fused-ring (bicyclic) bond motifs is 10. The Kier molecular flexibility index (Phi) is 5.51. The molecular formula is C43H25N3S. The van der Waals surface area contributed by atoms with Gasteiger partial charge in [0, 0.05) is 53.0 Å². The fourth-order valence-electron chi connectivity index (χ4n) is 7.58. The number of thiophene rings is 1. The van der Waals surface area contributed by atoms with Gasteiger partial charge in [-0.2, -0.15) is 5.26 Å². The molecule has 3 heterocycles. The highest BCUT2D eigenvalue weighted by Gasteiger charge is 2.21. The molecule has 0 aliphatic heterocycles. The van der Waals surface area contributed by atoms with Crippen molar-refractivity contribution in [3.05, 3.63) is 157 Å². The summed E-state index contributed by atoms with van der Waals surface area (Å²) in [6.07, 6.45) is 0. The highest BCUT2D eigenvalue weighted by molar-refractivity contribution is 7.26. The molecule has 0 amide bonds. The smallest absolute Gasteiger partial charge is 0.101 e. The van der Waals surface area contributed by atoms with E-state index in [2.05, 4.69) is 155 Å². The summed E-state index contributed by atoms with van der Waals surface area (Å²) in [7, 11) is 0. The SMILES string of the molecule is N#Cc1cccc(-c2ccc3c(c2)c2c4sc5ccccc5c4ccc2n3-c2ccccc2)c1-n1c2ccccc2c2ccccc21. The van der Waals surface area contributed by atoms with E-state index in [1.165, 1.54) is 47.2 Å². The predicted molar refractivity (Wildman–Crippen MR) is 198 cm³/mol. The molecule has 10 aromatic rings. The van der Waals surface area contributed by atoms with Crippen LogP contribution < -0.4 is 0 Å². The van der Waals surface area contributed by atoms with Gasteiger partial charge in [-0.15, -0.1) is 11.3 Å². The molecule has 0 bridgehead atoms. The molecule has 0 aliphatic carbocycles. The highest BCUT2D eigenvalue weighted by Crippen LogP contribution is 2.45. The molecule has 218 valence electrons. The van der Waals surface area contributed by atoms with Crippen LogP contribution in [-0.2, 0) is 0 Å². The molecule has 0 fully saturated rings. The van der Waals surface area contributed by atoms with Gasteiger partial charge in [0.05, 0.1) is 33.3 Å². The molecule has 0 radical (unpaired) electrons. The van der Waals surface area contributed by atoms with E-state index in [0.717, 1.165) is 39.1 Å². The van der Waals surface area contributed by atoms with Gasteiger partial charge in [-0.05, 0) is 60.2 Å². The van der Waals surface area contributed by atoms with Crippen molar-refractivity contribution < 1.29 is 0 Å². The van der Waals surface area contributed by atoms with Crippen molar-refractivity contribution >= 4 is 75.1 Å². The van der Waals surface area contributed by atoms with Gasteiger partial charge in [0.25, 0.3) is 0 Å². The molecule has 3 nitrogen and oxygen atoms in total. The third-order valence-electron chi connectivity index (χ3n) is 9.56. The van der Waals surface area contributed by atoms with Crippen LogP contribution in [0.4, 0.5) is 0 Å². The molecule has 0 atom stereocenters. The molecule has 4 heteroatoms. The van der Waals surface area contributed by atoms with Crippen molar-refractivity contribution in [3.8, 4) is 28.6 Å².